The molecule has 0 unspecified atom stereocenters. The zero-order chi connectivity index (χ0) is 10.8. The van der Waals surface area contributed by atoms with Gasteiger partial charge in [-0.05, 0) is 29.6 Å². The lowest BCUT2D eigenvalue weighted by molar-refractivity contribution is 0.0698. The maximum Gasteiger partial charge on any atom is 0.337 e. The summed E-state index contributed by atoms with van der Waals surface area (Å²) in [6, 6.07) is 10.9. The van der Waals surface area contributed by atoms with Gasteiger partial charge in [0.1, 0.15) is 0 Å². The third-order valence-electron chi connectivity index (χ3n) is 2.26. The van der Waals surface area contributed by atoms with E-state index in [1.165, 1.54) is 0 Å². The molecule has 1 N–H and O–H groups in total. The Hall–Kier alpha value is -2.16. The molecular formula is C12H9NO2. The van der Waals surface area contributed by atoms with Crippen molar-refractivity contribution in [2.24, 2.45) is 4.99 Å². The van der Waals surface area contributed by atoms with Gasteiger partial charge in [-0.1, -0.05) is 24.3 Å². The minimum atomic E-state index is -0.983. The number of carboxylic acid groups (broad SMARTS) is 1. The van der Waals surface area contributed by atoms with Gasteiger partial charge in [0.05, 0.1) is 11.3 Å². The number of carboxylic acids is 1. The maximum absolute atomic E-state index is 10.9. The Kier molecular flexibility index (Phi) is 2.21. The molecule has 2 aromatic carbocycles. The SMILES string of the molecule is C=Nc1cc2ccccc2cc1C(=O)O. The Bertz CT molecular complexity index is 546. The molecule has 0 amide bonds. The van der Waals surface area contributed by atoms with Crippen molar-refractivity contribution in [3.05, 3.63) is 42.0 Å². The predicted molar refractivity (Wildman–Crippen MR) is 60.1 cm³/mol. The minimum absolute atomic E-state index is 0.184. The van der Waals surface area contributed by atoms with Crippen LogP contribution in [-0.2, 0) is 0 Å². The Balaban J connectivity index is 2.80. The Labute approximate surface area is 86.7 Å². The van der Waals surface area contributed by atoms with E-state index in [0.717, 1.165) is 10.8 Å². The van der Waals surface area contributed by atoms with Crippen molar-refractivity contribution < 1.29 is 9.90 Å². The third-order valence-corrected chi connectivity index (χ3v) is 2.26. The van der Waals surface area contributed by atoms with E-state index in [0.29, 0.717) is 5.69 Å². The van der Waals surface area contributed by atoms with Crippen molar-refractivity contribution in [1.29, 1.82) is 0 Å². The largest absolute Gasteiger partial charge is 0.478 e. The van der Waals surface area contributed by atoms with Crippen LogP contribution in [0.4, 0.5) is 5.69 Å². The zero-order valence-electron chi connectivity index (χ0n) is 7.97. The molecule has 0 aliphatic rings. The summed E-state index contributed by atoms with van der Waals surface area (Å²) < 4.78 is 0. The number of rotatable bonds is 2. The number of benzene rings is 2. The van der Waals surface area contributed by atoms with Crippen molar-refractivity contribution in [2.75, 3.05) is 0 Å². The highest BCUT2D eigenvalue weighted by Crippen LogP contribution is 2.25. The van der Waals surface area contributed by atoms with Gasteiger partial charge in [-0.3, -0.25) is 4.99 Å². The third kappa shape index (κ3) is 1.59. The van der Waals surface area contributed by atoms with E-state index in [9.17, 15) is 4.79 Å². The van der Waals surface area contributed by atoms with Crippen LogP contribution in [0, 0.1) is 0 Å². The Morgan fingerprint density at radius 2 is 1.80 bits per heavy atom. The van der Waals surface area contributed by atoms with Gasteiger partial charge >= 0.3 is 5.97 Å². The summed E-state index contributed by atoms with van der Waals surface area (Å²) >= 11 is 0. The molecule has 3 heteroatoms. The second-order valence-electron chi connectivity index (χ2n) is 3.18. The molecule has 0 saturated carbocycles. The predicted octanol–water partition coefficient (Wildman–Crippen LogP) is 2.87. The van der Waals surface area contributed by atoms with Crippen LogP contribution in [-0.4, -0.2) is 17.8 Å². The number of aliphatic imine (C=N–C) groups is 1. The first kappa shape index (κ1) is 9.40. The topological polar surface area (TPSA) is 49.7 Å². The Morgan fingerprint density at radius 3 is 2.33 bits per heavy atom. The van der Waals surface area contributed by atoms with Gasteiger partial charge < -0.3 is 5.11 Å². The van der Waals surface area contributed by atoms with E-state index in [1.54, 1.807) is 12.1 Å². The van der Waals surface area contributed by atoms with Gasteiger partial charge in [-0.15, -0.1) is 0 Å². The van der Waals surface area contributed by atoms with Crippen LogP contribution in [0.2, 0.25) is 0 Å². The Morgan fingerprint density at radius 1 is 1.20 bits per heavy atom. The number of carbonyl (C=O) groups is 1. The van der Waals surface area contributed by atoms with Gasteiger partial charge in [-0.2, -0.15) is 0 Å². The average molecular weight is 199 g/mol. The quantitative estimate of drug-likeness (QED) is 0.756. The molecule has 74 valence electrons. The summed E-state index contributed by atoms with van der Waals surface area (Å²) in [6.07, 6.45) is 0. The average Bonchev–Trinajstić information content (AvgIpc) is 2.27. The lowest BCUT2D eigenvalue weighted by Crippen LogP contribution is -1.96. The highest BCUT2D eigenvalue weighted by molar-refractivity contribution is 6.00. The van der Waals surface area contributed by atoms with Crippen LogP contribution in [0.25, 0.3) is 10.8 Å². The summed E-state index contributed by atoms with van der Waals surface area (Å²) in [5.74, 6) is -0.983. The van der Waals surface area contributed by atoms with Crippen molar-refractivity contribution in [2.45, 2.75) is 0 Å². The van der Waals surface area contributed by atoms with E-state index >= 15 is 0 Å². The van der Waals surface area contributed by atoms with Gasteiger partial charge in [-0.25, -0.2) is 4.79 Å². The molecule has 2 rings (SSSR count). The summed E-state index contributed by atoms with van der Waals surface area (Å²) in [7, 11) is 0. The molecule has 0 bridgehead atoms. The van der Waals surface area contributed by atoms with E-state index in [4.69, 9.17) is 5.11 Å². The van der Waals surface area contributed by atoms with Crippen molar-refractivity contribution >= 4 is 29.1 Å². The molecule has 2 aromatic rings. The molecule has 15 heavy (non-hydrogen) atoms. The monoisotopic (exact) mass is 199 g/mol. The first-order chi connectivity index (χ1) is 7.22. The van der Waals surface area contributed by atoms with Crippen LogP contribution >= 0.6 is 0 Å². The second kappa shape index (κ2) is 3.53. The summed E-state index contributed by atoms with van der Waals surface area (Å²) in [4.78, 5) is 14.6. The standard InChI is InChI=1S/C12H9NO2/c1-13-11-7-9-5-3-2-4-8(9)6-10(11)12(14)15/h2-7H,1H2,(H,14,15). The van der Waals surface area contributed by atoms with E-state index in [1.807, 2.05) is 24.3 Å². The van der Waals surface area contributed by atoms with E-state index in [-0.39, 0.29) is 5.56 Å². The lowest BCUT2D eigenvalue weighted by Gasteiger charge is -2.03. The molecule has 0 saturated heterocycles. The maximum atomic E-state index is 10.9. The van der Waals surface area contributed by atoms with Gasteiger partial charge in [0.25, 0.3) is 0 Å². The molecule has 0 aliphatic carbocycles. The highest BCUT2D eigenvalue weighted by Gasteiger charge is 2.09. The number of hydrogen-bond acceptors (Lipinski definition) is 2. The molecule has 0 radical (unpaired) electrons. The molecule has 0 spiro atoms. The van der Waals surface area contributed by atoms with E-state index in [2.05, 4.69) is 11.7 Å². The van der Waals surface area contributed by atoms with Crippen LogP contribution in [0.5, 0.6) is 0 Å². The number of fused-ring (bicyclic) bond motifs is 1. The minimum Gasteiger partial charge on any atom is -0.478 e. The van der Waals surface area contributed by atoms with Crippen molar-refractivity contribution in [3.8, 4) is 0 Å². The van der Waals surface area contributed by atoms with Gasteiger partial charge in [0.2, 0.25) is 0 Å². The van der Waals surface area contributed by atoms with Gasteiger partial charge in [0, 0.05) is 0 Å². The smallest absolute Gasteiger partial charge is 0.337 e. The van der Waals surface area contributed by atoms with Crippen LogP contribution in [0.3, 0.4) is 0 Å². The number of hydrogen-bond donors (Lipinski definition) is 1. The fourth-order valence-electron chi connectivity index (χ4n) is 1.53. The fourth-order valence-corrected chi connectivity index (χ4v) is 1.53. The lowest BCUT2D eigenvalue weighted by atomic mass is 10.1. The van der Waals surface area contributed by atoms with Crippen LogP contribution < -0.4 is 0 Å². The summed E-state index contributed by atoms with van der Waals surface area (Å²) in [5, 5.41) is 10.8. The van der Waals surface area contributed by atoms with E-state index < -0.39 is 5.97 Å². The first-order valence-corrected chi connectivity index (χ1v) is 4.45. The summed E-state index contributed by atoms with van der Waals surface area (Å²) in [5.41, 5.74) is 0.588. The zero-order valence-corrected chi connectivity index (χ0v) is 7.97. The molecule has 0 aromatic heterocycles. The second-order valence-corrected chi connectivity index (χ2v) is 3.18. The van der Waals surface area contributed by atoms with Crippen molar-refractivity contribution in [3.63, 3.8) is 0 Å². The van der Waals surface area contributed by atoms with Crippen LogP contribution in [0.15, 0.2) is 41.4 Å². The normalized spacial score (nSPS) is 10.1. The molecule has 0 aliphatic heterocycles. The van der Waals surface area contributed by atoms with Crippen LogP contribution in [0.1, 0.15) is 10.4 Å². The fraction of sp³-hybridized carbons (Fsp3) is 0. The first-order valence-electron chi connectivity index (χ1n) is 4.45. The number of aromatic carboxylic acids is 1. The number of nitrogens with zero attached hydrogens (tertiary/aromatic N) is 1. The molecule has 0 atom stereocenters. The van der Waals surface area contributed by atoms with Crippen molar-refractivity contribution in [1.82, 2.24) is 0 Å². The molecule has 0 heterocycles. The molecule has 3 nitrogen and oxygen atoms in total. The highest BCUT2D eigenvalue weighted by atomic mass is 16.4. The summed E-state index contributed by atoms with van der Waals surface area (Å²) in [6.45, 7) is 3.37. The molecule has 0 fully saturated rings. The molecular weight excluding hydrogens is 190 g/mol. The van der Waals surface area contributed by atoms with Gasteiger partial charge in [0.15, 0.2) is 0 Å².